The van der Waals surface area contributed by atoms with Gasteiger partial charge in [0.2, 0.25) is 0 Å². The van der Waals surface area contributed by atoms with E-state index in [1.54, 1.807) is 24.8 Å². The maximum atomic E-state index is 4.78. The number of hydrogen-bond acceptors (Lipinski definition) is 6. The first-order valence-electron chi connectivity index (χ1n) is 14.9. The molecule has 12 heteroatoms. The molecule has 0 atom stereocenters. The summed E-state index contributed by atoms with van der Waals surface area (Å²) in [5.41, 5.74) is 9.03. The minimum Gasteiger partial charge on any atom is -0.457 e. The molecule has 0 spiro atoms. The van der Waals surface area contributed by atoms with Gasteiger partial charge in [0.1, 0.15) is 0 Å². The monoisotopic (exact) mass is 708 g/mol. The Balaban J connectivity index is 0.000000180. The maximum Gasteiger partial charge on any atom is 2.00 e. The van der Waals surface area contributed by atoms with Crippen molar-refractivity contribution in [3.8, 4) is 22.8 Å². The second kappa shape index (κ2) is 14.5. The fourth-order valence-electron chi connectivity index (χ4n) is 6.01. The van der Waals surface area contributed by atoms with Gasteiger partial charge in [-0.3, -0.25) is 19.9 Å². The molecule has 11 nitrogen and oxygen atoms in total. The van der Waals surface area contributed by atoms with Gasteiger partial charge in [0.25, 0.3) is 0 Å². The van der Waals surface area contributed by atoms with E-state index in [0.717, 1.165) is 88.5 Å². The number of nitrogens with zero attached hydrogens (tertiary/aromatic N) is 8. The molecule has 0 unspecified atom stereocenters. The third kappa shape index (κ3) is 5.79. The molecule has 0 aliphatic heterocycles. The van der Waals surface area contributed by atoms with E-state index in [4.69, 9.17) is 19.9 Å². The zero-order chi connectivity index (χ0) is 30.5. The van der Waals surface area contributed by atoms with Crippen molar-refractivity contribution >= 4 is 65.7 Å². The van der Waals surface area contributed by atoms with Crippen molar-refractivity contribution in [2.75, 3.05) is 0 Å². The largest absolute Gasteiger partial charge is 2.00 e. The number of benzene rings is 4. The summed E-state index contributed by atoms with van der Waals surface area (Å²) in [5, 5.41) is 3.96. The Hall–Kier alpha value is -6.14. The summed E-state index contributed by atoms with van der Waals surface area (Å²) in [6.45, 7) is 0. The van der Waals surface area contributed by atoms with Crippen molar-refractivity contribution in [1.82, 2.24) is 39.9 Å². The van der Waals surface area contributed by atoms with E-state index in [1.807, 2.05) is 109 Å². The minimum absolute atomic E-state index is 0. The molecule has 0 saturated carbocycles. The van der Waals surface area contributed by atoms with Crippen LogP contribution >= 0.6 is 0 Å². The topological polar surface area (TPSA) is 202 Å². The van der Waals surface area contributed by atoms with Gasteiger partial charge in [-0.25, -0.2) is 0 Å². The van der Waals surface area contributed by atoms with E-state index in [0.29, 0.717) is 0 Å². The SMILES string of the molecule is O.O.[Cu+2].[OH3+].c1ccc(-c2nc3c4cccnc4c4ncccc4c3[n-]2)cc1.c1ccc(-c2nc3c4cccnc4c4ncccc4c3[n-]2)cc1. The third-order valence-corrected chi connectivity index (χ3v) is 8.08. The van der Waals surface area contributed by atoms with Crippen LogP contribution in [0, 0.1) is 0 Å². The maximum absolute atomic E-state index is 4.78. The van der Waals surface area contributed by atoms with Gasteiger partial charge in [0.15, 0.2) is 0 Å². The Morgan fingerprint density at radius 1 is 0.360 bits per heavy atom. The molecule has 249 valence electrons. The second-order valence-electron chi connectivity index (χ2n) is 10.8. The van der Waals surface area contributed by atoms with Gasteiger partial charge in [0.05, 0.1) is 22.1 Å². The van der Waals surface area contributed by atoms with Gasteiger partial charge in [-0.15, -0.1) is 0 Å². The summed E-state index contributed by atoms with van der Waals surface area (Å²) in [5.74, 6) is 1.48. The van der Waals surface area contributed by atoms with Crippen LogP contribution in [0.25, 0.3) is 88.5 Å². The number of imidazole rings is 2. The van der Waals surface area contributed by atoms with Crippen LogP contribution in [0.4, 0.5) is 0 Å². The molecule has 0 bridgehead atoms. The zero-order valence-electron chi connectivity index (χ0n) is 26.2. The molecule has 0 aliphatic carbocycles. The first-order valence-corrected chi connectivity index (χ1v) is 14.9. The number of rotatable bonds is 2. The van der Waals surface area contributed by atoms with Crippen LogP contribution < -0.4 is 9.97 Å². The van der Waals surface area contributed by atoms with Gasteiger partial charge >= 0.3 is 17.1 Å². The second-order valence-corrected chi connectivity index (χ2v) is 10.8. The fraction of sp³-hybridized carbons (Fsp3) is 0. The molecule has 50 heavy (non-hydrogen) atoms. The summed E-state index contributed by atoms with van der Waals surface area (Å²) < 4.78 is 0. The van der Waals surface area contributed by atoms with Crippen LogP contribution in [-0.4, -0.2) is 40.9 Å². The predicted molar refractivity (Wildman–Crippen MR) is 194 cm³/mol. The molecule has 0 aliphatic rings. The number of hydrogen-bond donors (Lipinski definition) is 0. The van der Waals surface area contributed by atoms with Crippen molar-refractivity contribution in [1.29, 1.82) is 0 Å². The standard InChI is InChI=1S/2C19H11N4.Cu.3H2O/c2*1-2-6-12(7-3-1)19-22-17-13-8-4-10-20-15(13)16-14(18(17)23-19)9-5-11-21-16;;;;/h2*1-11H;;3*1H2/q2*-1;+2;;;/p+1. The van der Waals surface area contributed by atoms with Crippen LogP contribution in [0.2, 0.25) is 0 Å². The Bertz CT molecular complexity index is 2390. The van der Waals surface area contributed by atoms with Gasteiger partial charge in [-0.1, -0.05) is 96.6 Å². The van der Waals surface area contributed by atoms with E-state index < -0.39 is 0 Å². The van der Waals surface area contributed by atoms with Crippen LogP contribution in [0.3, 0.4) is 0 Å². The van der Waals surface area contributed by atoms with Gasteiger partial charge in [-0.2, -0.15) is 0 Å². The Morgan fingerprint density at radius 2 is 0.680 bits per heavy atom. The summed E-state index contributed by atoms with van der Waals surface area (Å²) in [6.07, 6.45) is 7.15. The molecule has 4 aromatic carbocycles. The first-order chi connectivity index (χ1) is 22.8. The summed E-state index contributed by atoms with van der Waals surface area (Å²) in [7, 11) is 0. The Labute approximate surface area is 294 Å². The van der Waals surface area contributed by atoms with E-state index in [-0.39, 0.29) is 33.5 Å². The number of pyridine rings is 4. The van der Waals surface area contributed by atoms with Crippen molar-refractivity contribution in [3.05, 3.63) is 134 Å². The van der Waals surface area contributed by atoms with Gasteiger partial charge in [-0.05, 0) is 57.5 Å². The molecule has 0 saturated heterocycles. The van der Waals surface area contributed by atoms with Crippen molar-refractivity contribution in [2.24, 2.45) is 0 Å². The third-order valence-electron chi connectivity index (χ3n) is 8.08. The smallest absolute Gasteiger partial charge is 0.457 e. The molecule has 1 radical (unpaired) electrons. The molecule has 6 heterocycles. The van der Waals surface area contributed by atoms with E-state index >= 15 is 0 Å². The quantitative estimate of drug-likeness (QED) is 0.130. The number of aromatic nitrogens is 8. The van der Waals surface area contributed by atoms with E-state index in [9.17, 15) is 0 Å². The van der Waals surface area contributed by atoms with Gasteiger partial charge in [0, 0.05) is 46.3 Å². The van der Waals surface area contributed by atoms with E-state index in [2.05, 4.69) is 19.9 Å². The van der Waals surface area contributed by atoms with E-state index in [1.165, 1.54) is 0 Å². The zero-order valence-corrected chi connectivity index (χ0v) is 27.1. The van der Waals surface area contributed by atoms with Crippen molar-refractivity contribution in [2.45, 2.75) is 0 Å². The Kier molecular flexibility index (Phi) is 10.2. The van der Waals surface area contributed by atoms with Crippen LogP contribution in [0.1, 0.15) is 0 Å². The van der Waals surface area contributed by atoms with Crippen molar-refractivity contribution in [3.63, 3.8) is 0 Å². The average Bonchev–Trinajstić information content (AvgIpc) is 3.80. The van der Waals surface area contributed by atoms with Crippen LogP contribution in [-0.2, 0) is 22.5 Å². The summed E-state index contributed by atoms with van der Waals surface area (Å²) in [6, 6.07) is 35.9. The molecule has 7 N–H and O–H groups in total. The summed E-state index contributed by atoms with van der Waals surface area (Å²) in [4.78, 5) is 37.2. The molecule has 10 rings (SSSR count). The molecular formula is C38H29CuN8O3+. The molecule has 6 aromatic heterocycles. The number of fused-ring (bicyclic) bond motifs is 12. The summed E-state index contributed by atoms with van der Waals surface area (Å²) >= 11 is 0. The van der Waals surface area contributed by atoms with Crippen LogP contribution in [0.5, 0.6) is 0 Å². The van der Waals surface area contributed by atoms with Gasteiger partial charge < -0.3 is 36.4 Å². The molecule has 0 amide bonds. The predicted octanol–water partition coefficient (Wildman–Crippen LogP) is 5.34. The minimum atomic E-state index is 0. The molecule has 10 aromatic rings. The molecule has 0 fully saturated rings. The first kappa shape index (κ1) is 35.2. The van der Waals surface area contributed by atoms with Crippen molar-refractivity contribution < 1.29 is 33.5 Å². The average molecular weight is 709 g/mol. The fourth-order valence-corrected chi connectivity index (χ4v) is 6.01. The normalized spacial score (nSPS) is 10.6. The van der Waals surface area contributed by atoms with Crippen LogP contribution in [0.15, 0.2) is 134 Å². The molecular weight excluding hydrogens is 680 g/mol. The Morgan fingerprint density at radius 3 is 1.04 bits per heavy atom.